The zero-order valence-electron chi connectivity index (χ0n) is 14.0. The number of H-pyrrole nitrogens is 2. The van der Waals surface area contributed by atoms with Gasteiger partial charge < -0.3 is 4.98 Å². The molecule has 1 aliphatic heterocycles. The Bertz CT molecular complexity index is 1020. The van der Waals surface area contributed by atoms with Crippen LogP contribution in [0.1, 0.15) is 36.6 Å². The van der Waals surface area contributed by atoms with E-state index in [2.05, 4.69) is 15.2 Å². The summed E-state index contributed by atoms with van der Waals surface area (Å²) in [6, 6.07) is 1.92. The average molecular weight is 376 g/mol. The molecule has 2 N–H and O–H groups in total. The van der Waals surface area contributed by atoms with Crippen LogP contribution in [-0.2, 0) is 6.42 Å². The molecule has 1 saturated heterocycles. The van der Waals surface area contributed by atoms with Gasteiger partial charge in [-0.1, -0.05) is 0 Å². The molecule has 0 aromatic carbocycles. The quantitative estimate of drug-likeness (QED) is 0.717. The molecule has 5 rings (SSSR count). The number of nitrogens with zero attached hydrogens (tertiary/aromatic N) is 2. The highest BCUT2D eigenvalue weighted by Gasteiger charge is 2.42. The van der Waals surface area contributed by atoms with Crippen LogP contribution in [0, 0.1) is 0 Å². The van der Waals surface area contributed by atoms with E-state index in [-0.39, 0.29) is 24.6 Å². The third-order valence-corrected chi connectivity index (χ3v) is 6.68. The van der Waals surface area contributed by atoms with Crippen LogP contribution < -0.4 is 5.56 Å². The number of hydrogen-bond acceptors (Lipinski definition) is 4. The molecule has 5 nitrogen and oxygen atoms in total. The molecule has 0 radical (unpaired) electrons. The van der Waals surface area contributed by atoms with Crippen molar-refractivity contribution >= 4 is 21.4 Å². The number of halogens is 2. The van der Waals surface area contributed by atoms with Crippen LogP contribution >= 0.6 is 11.3 Å². The fraction of sp³-hybridized carbons (Fsp3) is 0.444. The molecule has 8 heteroatoms. The largest absolute Gasteiger partial charge is 0.323 e. The summed E-state index contributed by atoms with van der Waals surface area (Å²) in [5, 5.41) is 7.73. The normalized spacial score (nSPS) is 22.8. The second-order valence-corrected chi connectivity index (χ2v) is 8.22. The van der Waals surface area contributed by atoms with E-state index < -0.39 is 5.92 Å². The Hall–Kier alpha value is -2.06. The number of aryl methyl sites for hydroxylation is 1. The molecule has 0 bridgehead atoms. The lowest BCUT2D eigenvalue weighted by atomic mass is 9.89. The van der Waals surface area contributed by atoms with Crippen molar-refractivity contribution in [2.75, 3.05) is 13.1 Å². The topological polar surface area (TPSA) is 64.8 Å². The lowest BCUT2D eigenvalue weighted by Crippen LogP contribution is -2.33. The molecule has 1 fully saturated rings. The van der Waals surface area contributed by atoms with Gasteiger partial charge in [-0.3, -0.25) is 14.8 Å². The first kappa shape index (κ1) is 16.1. The van der Waals surface area contributed by atoms with E-state index >= 15 is 0 Å². The lowest BCUT2D eigenvalue weighted by Gasteiger charge is -2.32. The highest BCUT2D eigenvalue weighted by Crippen LogP contribution is 2.42. The fourth-order valence-corrected chi connectivity index (χ4v) is 5.34. The number of alkyl halides is 2. The first-order chi connectivity index (χ1) is 12.5. The number of fused-ring (bicyclic) bond motifs is 3. The first-order valence-corrected chi connectivity index (χ1v) is 9.63. The first-order valence-electron chi connectivity index (χ1n) is 8.81. The molecule has 136 valence electrons. The summed E-state index contributed by atoms with van der Waals surface area (Å²) < 4.78 is 28.1. The fourth-order valence-electron chi connectivity index (χ4n) is 4.28. The third kappa shape index (κ3) is 2.51. The van der Waals surface area contributed by atoms with E-state index in [0.29, 0.717) is 11.2 Å². The van der Waals surface area contributed by atoms with Gasteiger partial charge in [-0.15, -0.1) is 11.3 Å². The molecule has 1 atom stereocenters. The maximum absolute atomic E-state index is 13.7. The summed E-state index contributed by atoms with van der Waals surface area (Å²) in [7, 11) is 0. The second kappa shape index (κ2) is 5.72. The highest BCUT2D eigenvalue weighted by molar-refractivity contribution is 7.22. The molecule has 2 aliphatic rings. The van der Waals surface area contributed by atoms with Gasteiger partial charge in [-0.05, 0) is 30.9 Å². The van der Waals surface area contributed by atoms with E-state index in [1.165, 1.54) is 11.3 Å². The number of rotatable bonds is 2. The summed E-state index contributed by atoms with van der Waals surface area (Å²) in [6.45, 7) is 0.155. The van der Waals surface area contributed by atoms with Crippen molar-refractivity contribution < 1.29 is 8.78 Å². The van der Waals surface area contributed by atoms with E-state index in [0.717, 1.165) is 46.3 Å². The van der Waals surface area contributed by atoms with E-state index in [1.807, 2.05) is 11.0 Å². The van der Waals surface area contributed by atoms with Gasteiger partial charge in [0.2, 0.25) is 0 Å². The van der Waals surface area contributed by atoms with Crippen molar-refractivity contribution in [1.82, 2.24) is 20.1 Å². The van der Waals surface area contributed by atoms with Crippen molar-refractivity contribution in [3.05, 3.63) is 40.1 Å². The molecule has 0 saturated carbocycles. The molecule has 0 spiro atoms. The molecule has 3 aromatic heterocycles. The highest BCUT2D eigenvalue weighted by atomic mass is 32.1. The molecular formula is C18H18F2N4OS. The monoisotopic (exact) mass is 376 g/mol. The summed E-state index contributed by atoms with van der Waals surface area (Å²) >= 11 is 1.45. The van der Waals surface area contributed by atoms with Gasteiger partial charge in [0.25, 0.3) is 11.5 Å². The Labute approximate surface area is 152 Å². The minimum atomic E-state index is -2.63. The van der Waals surface area contributed by atoms with Crippen LogP contribution in [0.15, 0.2) is 23.3 Å². The van der Waals surface area contributed by atoms with Crippen LogP contribution in [0.5, 0.6) is 0 Å². The Morgan fingerprint density at radius 2 is 2.27 bits per heavy atom. The molecule has 0 amide bonds. The van der Waals surface area contributed by atoms with Gasteiger partial charge in [0, 0.05) is 40.7 Å². The molecule has 1 unspecified atom stereocenters. The van der Waals surface area contributed by atoms with Gasteiger partial charge in [0.1, 0.15) is 4.70 Å². The smallest absolute Gasteiger partial charge is 0.266 e. The lowest BCUT2D eigenvalue weighted by molar-refractivity contribution is 0.00629. The minimum absolute atomic E-state index is 0.103. The zero-order valence-corrected chi connectivity index (χ0v) is 14.8. The number of hydrogen-bond donors (Lipinski definition) is 2. The van der Waals surface area contributed by atoms with Gasteiger partial charge in [-0.2, -0.15) is 5.10 Å². The predicted octanol–water partition coefficient (Wildman–Crippen LogP) is 3.70. The van der Waals surface area contributed by atoms with Crippen molar-refractivity contribution in [2.24, 2.45) is 0 Å². The Morgan fingerprint density at radius 1 is 1.38 bits per heavy atom. The maximum atomic E-state index is 13.7. The molecule has 4 heterocycles. The number of thiophene rings is 1. The number of aromatic nitrogens is 3. The van der Waals surface area contributed by atoms with Crippen LogP contribution in [0.2, 0.25) is 0 Å². The SMILES string of the molecule is O=c1[nH]c2c(c3cc(-c4cn[nH]c4)sc13)CCCC2N1CCC(F)(F)C1. The van der Waals surface area contributed by atoms with Crippen LogP contribution in [-0.4, -0.2) is 39.1 Å². The molecular weight excluding hydrogens is 358 g/mol. The van der Waals surface area contributed by atoms with Crippen LogP contribution in [0.25, 0.3) is 20.5 Å². The van der Waals surface area contributed by atoms with Gasteiger partial charge in [-0.25, -0.2) is 8.78 Å². The van der Waals surface area contributed by atoms with E-state index in [1.54, 1.807) is 12.4 Å². The zero-order chi connectivity index (χ0) is 17.9. The van der Waals surface area contributed by atoms with Gasteiger partial charge in [0.15, 0.2) is 0 Å². The second-order valence-electron chi connectivity index (χ2n) is 7.17. The third-order valence-electron chi connectivity index (χ3n) is 5.50. The number of likely N-dealkylation sites (tertiary alicyclic amines) is 1. The Kier molecular flexibility index (Phi) is 3.55. The average Bonchev–Trinajstić information content (AvgIpc) is 3.33. The van der Waals surface area contributed by atoms with Gasteiger partial charge in [0.05, 0.1) is 18.8 Å². The number of aromatic amines is 2. The standard InChI is InChI=1S/C18H18F2N4OS/c19-18(20)4-5-24(9-18)13-3-1-2-11-12-6-14(10-7-21-22-8-10)26-16(12)17(25)23-15(11)13/h6-8,13H,1-5,9H2,(H,21,22)(H,23,25). The Morgan fingerprint density at radius 3 is 3.00 bits per heavy atom. The number of nitrogens with one attached hydrogen (secondary N) is 2. The summed E-state index contributed by atoms with van der Waals surface area (Å²) in [5.41, 5.74) is 2.77. The molecule has 1 aliphatic carbocycles. The van der Waals surface area contributed by atoms with Crippen LogP contribution in [0.3, 0.4) is 0 Å². The number of pyridine rings is 1. The van der Waals surface area contributed by atoms with E-state index in [4.69, 9.17) is 0 Å². The predicted molar refractivity (Wildman–Crippen MR) is 96.8 cm³/mol. The van der Waals surface area contributed by atoms with Crippen molar-refractivity contribution in [2.45, 2.75) is 37.6 Å². The summed E-state index contributed by atoms with van der Waals surface area (Å²) in [5.74, 6) is -2.63. The molecule has 26 heavy (non-hydrogen) atoms. The van der Waals surface area contributed by atoms with Crippen molar-refractivity contribution in [3.8, 4) is 10.4 Å². The van der Waals surface area contributed by atoms with Crippen molar-refractivity contribution in [3.63, 3.8) is 0 Å². The minimum Gasteiger partial charge on any atom is -0.323 e. The van der Waals surface area contributed by atoms with E-state index in [9.17, 15) is 13.6 Å². The maximum Gasteiger partial charge on any atom is 0.266 e. The summed E-state index contributed by atoms with van der Waals surface area (Å²) in [4.78, 5) is 18.5. The van der Waals surface area contributed by atoms with Gasteiger partial charge >= 0.3 is 0 Å². The summed E-state index contributed by atoms with van der Waals surface area (Å²) in [6.07, 6.45) is 6.06. The Balaban J connectivity index is 1.63. The van der Waals surface area contributed by atoms with Crippen molar-refractivity contribution in [1.29, 1.82) is 0 Å². The molecule has 3 aromatic rings. The van der Waals surface area contributed by atoms with Crippen LogP contribution in [0.4, 0.5) is 8.78 Å².